The molecule has 4 rings (SSSR count). The van der Waals surface area contributed by atoms with Gasteiger partial charge < -0.3 is 5.11 Å². The van der Waals surface area contributed by atoms with E-state index in [4.69, 9.17) is 0 Å². The number of phenolic OH excluding ortho intramolecular Hbond substituents is 1. The number of benzene rings is 3. The predicted molar refractivity (Wildman–Crippen MR) is 111 cm³/mol. The lowest BCUT2D eigenvalue weighted by molar-refractivity contribution is 0.131. The Hall–Kier alpha value is -2.85. The first-order valence-electron chi connectivity index (χ1n) is 9.46. The molecule has 0 atom stereocenters. The lowest BCUT2D eigenvalue weighted by atomic mass is 10.0. The van der Waals surface area contributed by atoms with Crippen molar-refractivity contribution in [2.75, 3.05) is 26.2 Å². The van der Waals surface area contributed by atoms with Gasteiger partial charge in [0.15, 0.2) is 0 Å². The fraction of sp³-hybridized carbons (Fsp3) is 0.261. The average Bonchev–Trinajstić information content (AvgIpc) is 2.70. The molecule has 0 radical (unpaired) electrons. The van der Waals surface area contributed by atoms with Gasteiger partial charge in [0.05, 0.1) is 6.21 Å². The molecule has 3 aromatic rings. The molecule has 1 fully saturated rings. The summed E-state index contributed by atoms with van der Waals surface area (Å²) in [6, 6.07) is 20.5. The molecule has 3 aromatic carbocycles. The molecule has 0 saturated carbocycles. The maximum Gasteiger partial charge on any atom is 0.125 e. The first kappa shape index (κ1) is 17.6. The molecule has 1 aliphatic heterocycles. The molecule has 0 amide bonds. The second-order valence-electron chi connectivity index (χ2n) is 7.18. The summed E-state index contributed by atoms with van der Waals surface area (Å²) in [4.78, 5) is 2.46. The van der Waals surface area contributed by atoms with Crippen molar-refractivity contribution in [3.63, 3.8) is 0 Å². The van der Waals surface area contributed by atoms with E-state index in [0.717, 1.165) is 49.1 Å². The molecule has 0 unspecified atom stereocenters. The Kier molecular flexibility index (Phi) is 5.07. The van der Waals surface area contributed by atoms with Gasteiger partial charge in [-0.05, 0) is 29.3 Å². The number of hydrogen-bond donors (Lipinski definition) is 1. The molecule has 0 bridgehead atoms. The summed E-state index contributed by atoms with van der Waals surface area (Å²) >= 11 is 0. The van der Waals surface area contributed by atoms with Crippen LogP contribution in [-0.2, 0) is 6.54 Å². The molecule has 1 N–H and O–H groups in total. The molecule has 138 valence electrons. The molecule has 27 heavy (non-hydrogen) atoms. The van der Waals surface area contributed by atoms with Crippen LogP contribution in [0.5, 0.6) is 5.75 Å². The van der Waals surface area contributed by atoms with Crippen molar-refractivity contribution in [1.82, 2.24) is 9.91 Å². The molecule has 4 heteroatoms. The number of phenols is 1. The highest BCUT2D eigenvalue weighted by atomic mass is 16.3. The molecular formula is C23H25N3O. The van der Waals surface area contributed by atoms with Crippen LogP contribution in [0.1, 0.15) is 16.7 Å². The minimum Gasteiger partial charge on any atom is -0.507 e. The van der Waals surface area contributed by atoms with E-state index in [1.54, 1.807) is 12.3 Å². The molecule has 4 nitrogen and oxygen atoms in total. The Balaban J connectivity index is 1.39. The minimum atomic E-state index is 0.274. The first-order valence-corrected chi connectivity index (χ1v) is 9.46. The zero-order chi connectivity index (χ0) is 18.6. The van der Waals surface area contributed by atoms with Crippen molar-refractivity contribution < 1.29 is 5.11 Å². The van der Waals surface area contributed by atoms with Gasteiger partial charge in [-0.2, -0.15) is 5.10 Å². The minimum absolute atomic E-state index is 0.274. The van der Waals surface area contributed by atoms with Gasteiger partial charge in [0.25, 0.3) is 0 Å². The number of rotatable bonds is 4. The summed E-state index contributed by atoms with van der Waals surface area (Å²) in [5, 5.41) is 19.1. The lowest BCUT2D eigenvalue weighted by Crippen LogP contribution is -2.43. The van der Waals surface area contributed by atoms with Crippen molar-refractivity contribution in [1.29, 1.82) is 0 Å². The van der Waals surface area contributed by atoms with Gasteiger partial charge in [0.1, 0.15) is 5.75 Å². The fourth-order valence-electron chi connectivity index (χ4n) is 3.52. The Bertz CT molecular complexity index is 941. The van der Waals surface area contributed by atoms with E-state index in [1.165, 1.54) is 11.1 Å². The zero-order valence-electron chi connectivity index (χ0n) is 15.7. The number of aromatic hydroxyl groups is 1. The summed E-state index contributed by atoms with van der Waals surface area (Å²) in [5.41, 5.74) is 3.45. The van der Waals surface area contributed by atoms with Crippen LogP contribution in [0, 0.1) is 6.92 Å². The van der Waals surface area contributed by atoms with E-state index < -0.39 is 0 Å². The van der Waals surface area contributed by atoms with Crippen LogP contribution in [-0.4, -0.2) is 47.4 Å². The molecule has 0 aromatic heterocycles. The maximum atomic E-state index is 10.2. The molecule has 1 saturated heterocycles. The fourth-order valence-corrected chi connectivity index (χ4v) is 3.52. The van der Waals surface area contributed by atoms with Crippen LogP contribution in [0.2, 0.25) is 0 Å². The van der Waals surface area contributed by atoms with Gasteiger partial charge in [-0.25, -0.2) is 0 Å². The standard InChI is InChI=1S/C23H25N3O/c1-18-6-8-19(9-7-18)17-25-12-14-26(15-13-25)24-16-22-21-5-3-2-4-20(21)10-11-23(22)27/h2-11,16,27H,12-15,17H2,1H3/b24-16-. The number of nitrogens with zero attached hydrogens (tertiary/aromatic N) is 3. The summed E-state index contributed by atoms with van der Waals surface area (Å²) in [6.07, 6.45) is 1.80. The van der Waals surface area contributed by atoms with Crippen molar-refractivity contribution in [3.8, 4) is 5.75 Å². The SMILES string of the molecule is Cc1ccc(CN2CCN(/N=C\c3c(O)ccc4ccccc34)CC2)cc1. The smallest absolute Gasteiger partial charge is 0.125 e. The van der Waals surface area contributed by atoms with Crippen LogP contribution in [0.25, 0.3) is 10.8 Å². The van der Waals surface area contributed by atoms with Crippen LogP contribution < -0.4 is 0 Å². The van der Waals surface area contributed by atoms with Crippen molar-refractivity contribution >= 4 is 17.0 Å². The molecule has 1 aliphatic rings. The van der Waals surface area contributed by atoms with Gasteiger partial charge in [0, 0.05) is 38.3 Å². The molecule has 0 aliphatic carbocycles. The van der Waals surface area contributed by atoms with E-state index >= 15 is 0 Å². The highest BCUT2D eigenvalue weighted by molar-refractivity contribution is 6.02. The third-order valence-electron chi connectivity index (χ3n) is 5.17. The molecule has 1 heterocycles. The van der Waals surface area contributed by atoms with Crippen molar-refractivity contribution in [3.05, 3.63) is 77.4 Å². The van der Waals surface area contributed by atoms with Crippen molar-refractivity contribution in [2.45, 2.75) is 13.5 Å². The highest BCUT2D eigenvalue weighted by Gasteiger charge is 2.15. The summed E-state index contributed by atoms with van der Waals surface area (Å²) < 4.78 is 0. The van der Waals surface area contributed by atoms with Crippen LogP contribution in [0.15, 0.2) is 65.8 Å². The number of piperazine rings is 1. The van der Waals surface area contributed by atoms with Gasteiger partial charge in [0.2, 0.25) is 0 Å². The monoisotopic (exact) mass is 359 g/mol. The average molecular weight is 359 g/mol. The number of fused-ring (bicyclic) bond motifs is 1. The topological polar surface area (TPSA) is 39.1 Å². The third-order valence-corrected chi connectivity index (χ3v) is 5.17. The first-order chi connectivity index (χ1) is 13.2. The van der Waals surface area contributed by atoms with Crippen LogP contribution >= 0.6 is 0 Å². The molecule has 0 spiro atoms. The van der Waals surface area contributed by atoms with Gasteiger partial charge >= 0.3 is 0 Å². The lowest BCUT2D eigenvalue weighted by Gasteiger charge is -2.33. The van der Waals surface area contributed by atoms with E-state index in [-0.39, 0.29) is 5.75 Å². The van der Waals surface area contributed by atoms with Gasteiger partial charge in [-0.1, -0.05) is 60.2 Å². The summed E-state index contributed by atoms with van der Waals surface area (Å²) in [5.74, 6) is 0.274. The number of hydrogen-bond acceptors (Lipinski definition) is 4. The Morgan fingerprint density at radius 1 is 0.926 bits per heavy atom. The normalized spacial score (nSPS) is 15.7. The van der Waals surface area contributed by atoms with E-state index in [1.807, 2.05) is 24.3 Å². The molecular weight excluding hydrogens is 334 g/mol. The third kappa shape index (κ3) is 4.12. The zero-order valence-corrected chi connectivity index (χ0v) is 15.7. The quantitative estimate of drug-likeness (QED) is 0.716. The second kappa shape index (κ2) is 7.80. The Labute approximate surface area is 160 Å². The van der Waals surface area contributed by atoms with Gasteiger partial charge in [-0.15, -0.1) is 0 Å². The Morgan fingerprint density at radius 3 is 2.44 bits per heavy atom. The number of hydrazone groups is 1. The van der Waals surface area contributed by atoms with Crippen molar-refractivity contribution in [2.24, 2.45) is 5.10 Å². The predicted octanol–water partition coefficient (Wildman–Crippen LogP) is 4.01. The van der Waals surface area contributed by atoms with Crippen LogP contribution in [0.4, 0.5) is 0 Å². The maximum absolute atomic E-state index is 10.2. The van der Waals surface area contributed by atoms with E-state index in [9.17, 15) is 5.11 Å². The van der Waals surface area contributed by atoms with E-state index in [0.29, 0.717) is 0 Å². The van der Waals surface area contributed by atoms with Crippen LogP contribution in [0.3, 0.4) is 0 Å². The summed E-state index contributed by atoms with van der Waals surface area (Å²) in [7, 11) is 0. The summed E-state index contributed by atoms with van der Waals surface area (Å²) in [6.45, 7) is 6.89. The number of aryl methyl sites for hydroxylation is 1. The highest BCUT2D eigenvalue weighted by Crippen LogP contribution is 2.25. The van der Waals surface area contributed by atoms with Gasteiger partial charge in [-0.3, -0.25) is 9.91 Å². The Morgan fingerprint density at radius 2 is 1.67 bits per heavy atom. The second-order valence-corrected chi connectivity index (χ2v) is 7.18. The van der Waals surface area contributed by atoms with E-state index in [2.05, 4.69) is 52.3 Å². The largest absolute Gasteiger partial charge is 0.507 e.